The number of rotatable bonds is 3. The minimum atomic E-state index is 0.668. The zero-order valence-electron chi connectivity index (χ0n) is 11.3. The van der Waals surface area contributed by atoms with E-state index in [0.717, 1.165) is 34.0 Å². The van der Waals surface area contributed by atoms with Gasteiger partial charge in [-0.25, -0.2) is 9.67 Å². The molecule has 6 nitrogen and oxygen atoms in total. The standard InChI is InChI=1S/C13H15N5OS/c1-3-19-11-6-4-10(5-7-11)14-12-8-20-13-16-15-9(2)18(13)17-12/h4-7H,3,8H2,1-2H3,(H,14,17). The van der Waals surface area contributed by atoms with Crippen molar-refractivity contribution in [2.75, 3.05) is 17.8 Å². The minimum absolute atomic E-state index is 0.668. The highest BCUT2D eigenvalue weighted by Gasteiger charge is 2.17. The van der Waals surface area contributed by atoms with Gasteiger partial charge in [0.15, 0.2) is 0 Å². The predicted octanol–water partition coefficient (Wildman–Crippen LogP) is 2.36. The lowest BCUT2D eigenvalue weighted by molar-refractivity contribution is 0.340. The molecule has 1 N–H and O–H groups in total. The summed E-state index contributed by atoms with van der Waals surface area (Å²) in [6, 6.07) is 7.74. The molecular weight excluding hydrogens is 274 g/mol. The van der Waals surface area contributed by atoms with Gasteiger partial charge in [-0.05, 0) is 38.1 Å². The van der Waals surface area contributed by atoms with Crippen molar-refractivity contribution in [3.8, 4) is 5.75 Å². The van der Waals surface area contributed by atoms with Crippen molar-refractivity contribution in [2.24, 2.45) is 4.99 Å². The van der Waals surface area contributed by atoms with Gasteiger partial charge in [-0.15, -0.1) is 10.2 Å². The van der Waals surface area contributed by atoms with Crippen molar-refractivity contribution in [1.82, 2.24) is 14.9 Å². The molecule has 0 unspecified atom stereocenters. The van der Waals surface area contributed by atoms with Crippen LogP contribution >= 0.6 is 11.8 Å². The molecule has 0 saturated carbocycles. The zero-order valence-corrected chi connectivity index (χ0v) is 12.1. The van der Waals surface area contributed by atoms with Gasteiger partial charge in [0.25, 0.3) is 0 Å². The third-order valence-electron chi connectivity index (χ3n) is 2.79. The van der Waals surface area contributed by atoms with Crippen molar-refractivity contribution in [3.05, 3.63) is 30.1 Å². The van der Waals surface area contributed by atoms with E-state index < -0.39 is 0 Å². The summed E-state index contributed by atoms with van der Waals surface area (Å²) in [7, 11) is 0. The Morgan fingerprint density at radius 1 is 1.35 bits per heavy atom. The molecule has 0 amide bonds. The van der Waals surface area contributed by atoms with Crippen LogP contribution in [0.2, 0.25) is 0 Å². The van der Waals surface area contributed by atoms with Gasteiger partial charge in [-0.1, -0.05) is 11.8 Å². The number of hydrogen-bond donors (Lipinski definition) is 1. The summed E-state index contributed by atoms with van der Waals surface area (Å²) >= 11 is 1.62. The third-order valence-corrected chi connectivity index (χ3v) is 3.73. The maximum Gasteiger partial charge on any atom is 0.210 e. The molecule has 1 aromatic heterocycles. The van der Waals surface area contributed by atoms with E-state index in [2.05, 4.69) is 20.6 Å². The van der Waals surface area contributed by atoms with Gasteiger partial charge in [0.2, 0.25) is 5.16 Å². The highest BCUT2D eigenvalue weighted by Crippen LogP contribution is 2.23. The predicted molar refractivity (Wildman–Crippen MR) is 79.5 cm³/mol. The van der Waals surface area contributed by atoms with Crippen molar-refractivity contribution >= 4 is 23.3 Å². The van der Waals surface area contributed by atoms with E-state index in [1.165, 1.54) is 0 Å². The number of aryl methyl sites for hydroxylation is 1. The summed E-state index contributed by atoms with van der Waals surface area (Å²) in [5, 5.41) is 8.97. The molecule has 1 aromatic carbocycles. The van der Waals surface area contributed by atoms with Gasteiger partial charge >= 0.3 is 0 Å². The average Bonchev–Trinajstić information content (AvgIpc) is 2.83. The Hall–Kier alpha value is -2.02. The molecule has 20 heavy (non-hydrogen) atoms. The van der Waals surface area contributed by atoms with Crippen LogP contribution in [0.15, 0.2) is 34.4 Å². The second-order valence-electron chi connectivity index (χ2n) is 4.25. The number of benzene rings is 1. The molecule has 1 aliphatic rings. The van der Waals surface area contributed by atoms with Crippen LogP contribution in [0.3, 0.4) is 0 Å². The highest BCUT2D eigenvalue weighted by molar-refractivity contribution is 7.99. The first kappa shape index (κ1) is 13.0. The molecule has 0 spiro atoms. The molecule has 0 bridgehead atoms. The fraction of sp³-hybridized carbons (Fsp3) is 0.308. The van der Waals surface area contributed by atoms with Crippen LogP contribution in [0, 0.1) is 6.92 Å². The van der Waals surface area contributed by atoms with Crippen LogP contribution in [0.25, 0.3) is 0 Å². The van der Waals surface area contributed by atoms with Crippen LogP contribution in [0.4, 0.5) is 5.69 Å². The molecule has 0 radical (unpaired) electrons. The molecular formula is C13H15N5OS. The number of aliphatic imine (C=N–C) groups is 1. The van der Waals surface area contributed by atoms with E-state index in [1.54, 1.807) is 11.8 Å². The van der Waals surface area contributed by atoms with E-state index in [0.29, 0.717) is 6.61 Å². The summed E-state index contributed by atoms with van der Waals surface area (Å²) in [5.74, 6) is 3.33. The van der Waals surface area contributed by atoms with Gasteiger partial charge in [-0.3, -0.25) is 5.43 Å². The summed E-state index contributed by atoms with van der Waals surface area (Å²) < 4.78 is 7.26. The van der Waals surface area contributed by atoms with E-state index >= 15 is 0 Å². The number of ether oxygens (including phenoxy) is 1. The summed E-state index contributed by atoms with van der Waals surface area (Å²) in [5.41, 5.74) is 4.12. The van der Waals surface area contributed by atoms with Crippen LogP contribution in [-0.4, -0.2) is 33.1 Å². The fourth-order valence-corrected chi connectivity index (χ4v) is 2.66. The molecule has 104 valence electrons. The van der Waals surface area contributed by atoms with Crippen LogP contribution in [0.1, 0.15) is 12.7 Å². The second kappa shape index (κ2) is 5.54. The third kappa shape index (κ3) is 2.62. The normalized spacial score (nSPS) is 15.8. The quantitative estimate of drug-likeness (QED) is 0.939. The highest BCUT2D eigenvalue weighted by atomic mass is 32.2. The van der Waals surface area contributed by atoms with Crippen molar-refractivity contribution < 1.29 is 4.74 Å². The van der Waals surface area contributed by atoms with Crippen LogP contribution < -0.4 is 10.2 Å². The summed E-state index contributed by atoms with van der Waals surface area (Å²) in [6.07, 6.45) is 0. The van der Waals surface area contributed by atoms with Crippen molar-refractivity contribution in [3.63, 3.8) is 0 Å². The first-order valence-corrected chi connectivity index (χ1v) is 7.37. The zero-order chi connectivity index (χ0) is 13.9. The number of fused-ring (bicyclic) bond motifs is 1. The van der Waals surface area contributed by atoms with Gasteiger partial charge in [0, 0.05) is 0 Å². The lowest BCUT2D eigenvalue weighted by Gasteiger charge is -2.17. The molecule has 2 heterocycles. The first-order chi connectivity index (χ1) is 9.76. The van der Waals surface area contributed by atoms with Crippen LogP contribution in [0.5, 0.6) is 5.75 Å². The number of aromatic nitrogens is 3. The van der Waals surface area contributed by atoms with Gasteiger partial charge < -0.3 is 4.74 Å². The Balaban J connectivity index is 1.78. The van der Waals surface area contributed by atoms with Crippen LogP contribution in [-0.2, 0) is 0 Å². The second-order valence-corrected chi connectivity index (χ2v) is 5.19. The SMILES string of the molecule is CCOc1ccc(N=C2CSc3nnc(C)n3N2)cc1. The van der Waals surface area contributed by atoms with Crippen molar-refractivity contribution in [2.45, 2.75) is 19.0 Å². The molecule has 0 saturated heterocycles. The lowest BCUT2D eigenvalue weighted by atomic mass is 10.3. The van der Waals surface area contributed by atoms with Gasteiger partial charge in [0.05, 0.1) is 18.0 Å². The van der Waals surface area contributed by atoms with E-state index in [4.69, 9.17) is 4.74 Å². The first-order valence-electron chi connectivity index (χ1n) is 6.38. The Bertz CT molecular complexity index is 635. The molecule has 0 aliphatic carbocycles. The molecule has 7 heteroatoms. The smallest absolute Gasteiger partial charge is 0.210 e. The van der Waals surface area contributed by atoms with E-state index in [9.17, 15) is 0 Å². The number of nitrogens with zero attached hydrogens (tertiary/aromatic N) is 4. The number of thioether (sulfide) groups is 1. The minimum Gasteiger partial charge on any atom is -0.494 e. The summed E-state index contributed by atoms with van der Waals surface area (Å²) in [4.78, 5) is 4.59. The summed E-state index contributed by atoms with van der Waals surface area (Å²) in [6.45, 7) is 4.54. The van der Waals surface area contributed by atoms with Gasteiger partial charge in [0.1, 0.15) is 17.4 Å². The number of amidine groups is 1. The Labute approximate surface area is 121 Å². The molecule has 3 rings (SSSR count). The maximum absolute atomic E-state index is 5.41. The fourth-order valence-electron chi connectivity index (χ4n) is 1.86. The van der Waals surface area contributed by atoms with Gasteiger partial charge in [-0.2, -0.15) is 0 Å². The maximum atomic E-state index is 5.41. The monoisotopic (exact) mass is 289 g/mol. The molecule has 0 atom stereocenters. The Morgan fingerprint density at radius 2 is 2.15 bits per heavy atom. The Kier molecular flexibility index (Phi) is 3.60. The number of hydrogen-bond acceptors (Lipinski definition) is 5. The largest absolute Gasteiger partial charge is 0.494 e. The topological polar surface area (TPSA) is 64.3 Å². The van der Waals surface area contributed by atoms with E-state index in [-0.39, 0.29) is 0 Å². The van der Waals surface area contributed by atoms with Crippen molar-refractivity contribution in [1.29, 1.82) is 0 Å². The molecule has 1 aliphatic heterocycles. The lowest BCUT2D eigenvalue weighted by Crippen LogP contribution is -2.30. The average molecular weight is 289 g/mol. The molecule has 0 fully saturated rings. The molecule has 2 aromatic rings. The van der Waals surface area contributed by atoms with E-state index in [1.807, 2.05) is 42.8 Å². The number of nitrogens with one attached hydrogen (secondary N) is 1. The Morgan fingerprint density at radius 3 is 2.90 bits per heavy atom.